The van der Waals surface area contributed by atoms with Gasteiger partial charge in [-0.1, -0.05) is 19.1 Å². The molecule has 2 amide bonds. The summed E-state index contributed by atoms with van der Waals surface area (Å²) in [5.41, 5.74) is 4.02. The second kappa shape index (κ2) is 4.92. The Hall–Kier alpha value is -2.16. The summed E-state index contributed by atoms with van der Waals surface area (Å²) in [6, 6.07) is 8.14. The van der Waals surface area contributed by atoms with Crippen LogP contribution in [0.4, 0.5) is 0 Å². The number of benzene rings is 2. The van der Waals surface area contributed by atoms with E-state index in [1.165, 1.54) is 16.5 Å². The van der Waals surface area contributed by atoms with Crippen LogP contribution in [0.5, 0.6) is 0 Å². The van der Waals surface area contributed by atoms with E-state index < -0.39 is 0 Å². The molecule has 24 heavy (non-hydrogen) atoms. The van der Waals surface area contributed by atoms with Crippen molar-refractivity contribution in [3.8, 4) is 0 Å². The average Bonchev–Trinajstić information content (AvgIpc) is 3.01. The van der Waals surface area contributed by atoms with Crippen LogP contribution < -0.4 is 0 Å². The lowest BCUT2D eigenvalue weighted by Crippen LogP contribution is -2.48. The second-order valence-electron chi connectivity index (χ2n) is 7.69. The molecular formula is C21H21NO2. The van der Waals surface area contributed by atoms with Crippen LogP contribution in [0.3, 0.4) is 0 Å². The van der Waals surface area contributed by atoms with Gasteiger partial charge in [-0.3, -0.25) is 14.5 Å². The van der Waals surface area contributed by atoms with Gasteiger partial charge in [0.2, 0.25) is 0 Å². The summed E-state index contributed by atoms with van der Waals surface area (Å²) in [5.74, 6) is 0.538. The first-order valence-corrected chi connectivity index (χ1v) is 9.10. The van der Waals surface area contributed by atoms with Crippen molar-refractivity contribution in [2.45, 2.75) is 51.5 Å². The van der Waals surface area contributed by atoms with Crippen LogP contribution in [-0.4, -0.2) is 22.8 Å². The molecule has 0 spiro atoms. The quantitative estimate of drug-likeness (QED) is 0.742. The third-order valence-corrected chi connectivity index (χ3v) is 6.25. The number of carbonyl (C=O) groups excluding carboxylic acids is 2. The van der Waals surface area contributed by atoms with E-state index in [1.807, 2.05) is 12.1 Å². The van der Waals surface area contributed by atoms with Gasteiger partial charge in [-0.05, 0) is 73.1 Å². The Morgan fingerprint density at radius 2 is 1.33 bits per heavy atom. The topological polar surface area (TPSA) is 37.4 Å². The molecule has 3 aliphatic rings. The van der Waals surface area contributed by atoms with Crippen LogP contribution in [0.2, 0.25) is 0 Å². The monoisotopic (exact) mass is 319 g/mol. The third-order valence-electron chi connectivity index (χ3n) is 6.25. The maximum absolute atomic E-state index is 13.1. The minimum Gasteiger partial charge on any atom is -0.271 e. The smallest absolute Gasteiger partial charge is 0.261 e. The summed E-state index contributed by atoms with van der Waals surface area (Å²) in [4.78, 5) is 27.9. The highest BCUT2D eigenvalue weighted by atomic mass is 16.2. The molecule has 1 heterocycles. The molecule has 3 nitrogen and oxygen atoms in total. The van der Waals surface area contributed by atoms with Crippen LogP contribution in [0, 0.1) is 5.92 Å². The molecule has 3 heteroatoms. The van der Waals surface area contributed by atoms with Gasteiger partial charge < -0.3 is 0 Å². The molecule has 2 aromatic rings. The molecule has 1 fully saturated rings. The fourth-order valence-electron chi connectivity index (χ4n) is 4.87. The van der Waals surface area contributed by atoms with Crippen molar-refractivity contribution in [1.29, 1.82) is 0 Å². The van der Waals surface area contributed by atoms with Gasteiger partial charge in [-0.15, -0.1) is 0 Å². The summed E-state index contributed by atoms with van der Waals surface area (Å²) in [7, 11) is 0. The molecule has 0 saturated heterocycles. The van der Waals surface area contributed by atoms with Crippen molar-refractivity contribution in [2.75, 3.05) is 0 Å². The van der Waals surface area contributed by atoms with Crippen molar-refractivity contribution in [1.82, 2.24) is 4.90 Å². The summed E-state index contributed by atoms with van der Waals surface area (Å²) in [5, 5.41) is 2.08. The highest BCUT2D eigenvalue weighted by Gasteiger charge is 2.39. The Kier molecular flexibility index (Phi) is 2.91. The van der Waals surface area contributed by atoms with Crippen LogP contribution >= 0.6 is 0 Å². The zero-order valence-electron chi connectivity index (χ0n) is 14.0. The summed E-state index contributed by atoms with van der Waals surface area (Å²) in [6.45, 7) is 2.25. The predicted molar refractivity (Wildman–Crippen MR) is 93.3 cm³/mol. The number of amides is 2. The normalized spacial score (nSPS) is 25.6. The van der Waals surface area contributed by atoms with E-state index in [-0.39, 0.29) is 17.9 Å². The average molecular weight is 319 g/mol. The molecule has 1 aliphatic heterocycles. The van der Waals surface area contributed by atoms with Crippen LogP contribution in [0.1, 0.15) is 64.4 Å². The van der Waals surface area contributed by atoms with E-state index in [0.29, 0.717) is 5.92 Å². The Morgan fingerprint density at radius 1 is 0.792 bits per heavy atom. The molecule has 0 radical (unpaired) electrons. The molecule has 0 aromatic heterocycles. The first-order valence-electron chi connectivity index (χ1n) is 9.10. The molecule has 1 saturated carbocycles. The summed E-state index contributed by atoms with van der Waals surface area (Å²) in [6.07, 6.45) is 6.11. The minimum absolute atomic E-state index is 0.0638. The Balaban J connectivity index is 1.67. The van der Waals surface area contributed by atoms with Crippen LogP contribution in [-0.2, 0) is 12.8 Å². The van der Waals surface area contributed by atoms with E-state index in [4.69, 9.17) is 0 Å². The summed E-state index contributed by atoms with van der Waals surface area (Å²) < 4.78 is 0. The van der Waals surface area contributed by atoms with Gasteiger partial charge in [0.25, 0.3) is 11.8 Å². The Morgan fingerprint density at radius 3 is 1.88 bits per heavy atom. The largest absolute Gasteiger partial charge is 0.271 e. The Labute approximate surface area is 141 Å². The number of hydrogen-bond acceptors (Lipinski definition) is 2. The standard InChI is InChI=1S/C21H21NO2/c1-12-2-8-15(9-3-12)22-20(23)16-10-6-13-4-5-14-7-11-17(21(22)24)19(16)18(13)14/h6-7,10-12,15H,2-5,8-9H2,1H3. The second-order valence-corrected chi connectivity index (χ2v) is 7.69. The zero-order chi connectivity index (χ0) is 16.4. The number of imide groups is 1. The Bertz CT molecular complexity index is 832. The van der Waals surface area contributed by atoms with Gasteiger partial charge in [-0.25, -0.2) is 0 Å². The number of aryl methyl sites for hydroxylation is 2. The van der Waals surface area contributed by atoms with Crippen LogP contribution in [0.25, 0.3) is 10.8 Å². The molecule has 2 aliphatic carbocycles. The fraction of sp³-hybridized carbons (Fsp3) is 0.429. The molecule has 5 rings (SSSR count). The van der Waals surface area contributed by atoms with Gasteiger partial charge in [0.15, 0.2) is 0 Å². The number of carbonyl (C=O) groups is 2. The molecule has 0 atom stereocenters. The number of rotatable bonds is 1. The van der Waals surface area contributed by atoms with Crippen molar-refractivity contribution in [3.05, 3.63) is 46.5 Å². The lowest BCUT2D eigenvalue weighted by Gasteiger charge is -2.37. The molecular weight excluding hydrogens is 298 g/mol. The SMILES string of the molecule is CC1CCC(N2C(=O)c3ccc4c5c(ccc(c35)C2=O)CC4)CC1. The first-order chi connectivity index (χ1) is 11.6. The first kappa shape index (κ1) is 14.2. The summed E-state index contributed by atoms with van der Waals surface area (Å²) >= 11 is 0. The predicted octanol–water partition coefficient (Wildman–Crippen LogP) is 4.11. The van der Waals surface area contributed by atoms with Crippen molar-refractivity contribution >= 4 is 22.6 Å². The molecule has 0 bridgehead atoms. The fourth-order valence-corrected chi connectivity index (χ4v) is 4.87. The highest BCUT2D eigenvalue weighted by molar-refractivity contribution is 6.26. The van der Waals surface area contributed by atoms with Gasteiger partial charge >= 0.3 is 0 Å². The molecule has 122 valence electrons. The van der Waals surface area contributed by atoms with Gasteiger partial charge in [0, 0.05) is 22.6 Å². The maximum Gasteiger partial charge on any atom is 0.261 e. The van der Waals surface area contributed by atoms with Crippen molar-refractivity contribution < 1.29 is 9.59 Å². The maximum atomic E-state index is 13.1. The van der Waals surface area contributed by atoms with E-state index in [0.717, 1.165) is 55.0 Å². The molecule has 0 N–H and O–H groups in total. The van der Waals surface area contributed by atoms with E-state index in [9.17, 15) is 9.59 Å². The van der Waals surface area contributed by atoms with Crippen molar-refractivity contribution in [2.24, 2.45) is 5.92 Å². The van der Waals surface area contributed by atoms with Crippen LogP contribution in [0.15, 0.2) is 24.3 Å². The van der Waals surface area contributed by atoms with Gasteiger partial charge in [-0.2, -0.15) is 0 Å². The van der Waals surface area contributed by atoms with E-state index in [1.54, 1.807) is 4.90 Å². The van der Waals surface area contributed by atoms with Gasteiger partial charge in [0.1, 0.15) is 0 Å². The molecule has 2 aromatic carbocycles. The number of hydrogen-bond donors (Lipinski definition) is 0. The lowest BCUT2D eigenvalue weighted by atomic mass is 9.84. The van der Waals surface area contributed by atoms with Gasteiger partial charge in [0.05, 0.1) is 0 Å². The highest BCUT2D eigenvalue weighted by Crippen LogP contribution is 2.40. The number of nitrogens with zero attached hydrogens (tertiary/aromatic N) is 1. The lowest BCUT2D eigenvalue weighted by molar-refractivity contribution is 0.0487. The van der Waals surface area contributed by atoms with Crippen molar-refractivity contribution in [3.63, 3.8) is 0 Å². The molecule has 0 unspecified atom stereocenters. The van der Waals surface area contributed by atoms with E-state index in [2.05, 4.69) is 19.1 Å². The zero-order valence-corrected chi connectivity index (χ0v) is 14.0. The van der Waals surface area contributed by atoms with E-state index >= 15 is 0 Å². The minimum atomic E-state index is -0.0809. The third kappa shape index (κ3) is 1.78.